The van der Waals surface area contributed by atoms with Gasteiger partial charge in [-0.25, -0.2) is 4.79 Å². The summed E-state index contributed by atoms with van der Waals surface area (Å²) in [6, 6.07) is 12.1. The summed E-state index contributed by atoms with van der Waals surface area (Å²) in [4.78, 5) is 10.9. The first-order valence-electron chi connectivity index (χ1n) is 5.77. The molecule has 98 valence electrons. The second-order valence-electron chi connectivity index (χ2n) is 4.21. The van der Waals surface area contributed by atoms with Crippen molar-refractivity contribution in [1.82, 2.24) is 0 Å². The van der Waals surface area contributed by atoms with Crippen molar-refractivity contribution in [2.45, 2.75) is 13.5 Å². The predicted molar refractivity (Wildman–Crippen MR) is 73.9 cm³/mol. The molecule has 0 bridgehead atoms. The van der Waals surface area contributed by atoms with E-state index in [0.29, 0.717) is 17.4 Å². The van der Waals surface area contributed by atoms with Gasteiger partial charge in [0.05, 0.1) is 5.56 Å². The minimum Gasteiger partial charge on any atom is -0.489 e. The normalized spacial score (nSPS) is 10.2. The zero-order valence-electron chi connectivity index (χ0n) is 10.4. The number of rotatable bonds is 4. The number of hydrogen-bond donors (Lipinski definition) is 1. The Morgan fingerprint density at radius 1 is 1.26 bits per heavy atom. The number of benzene rings is 2. The zero-order chi connectivity index (χ0) is 13.8. The molecule has 0 aromatic heterocycles. The molecular weight excluding hydrogens is 264 g/mol. The third-order valence-electron chi connectivity index (χ3n) is 2.71. The lowest BCUT2D eigenvalue weighted by Gasteiger charge is -2.08. The molecule has 0 saturated heterocycles. The Kier molecular flexibility index (Phi) is 4.07. The molecule has 2 aromatic rings. The summed E-state index contributed by atoms with van der Waals surface area (Å²) in [6.07, 6.45) is 0. The molecule has 3 nitrogen and oxygen atoms in total. The van der Waals surface area contributed by atoms with Gasteiger partial charge in [0.2, 0.25) is 0 Å². The van der Waals surface area contributed by atoms with Crippen LogP contribution in [0.4, 0.5) is 0 Å². The minimum atomic E-state index is -0.941. The second kappa shape index (κ2) is 5.76. The number of carboxylic acid groups (broad SMARTS) is 1. The quantitative estimate of drug-likeness (QED) is 0.920. The average molecular weight is 277 g/mol. The van der Waals surface area contributed by atoms with Crippen molar-refractivity contribution in [2.24, 2.45) is 0 Å². The molecule has 0 heterocycles. The summed E-state index contributed by atoms with van der Waals surface area (Å²) in [7, 11) is 0. The van der Waals surface area contributed by atoms with Crippen LogP contribution in [-0.4, -0.2) is 11.1 Å². The molecule has 0 fully saturated rings. The van der Waals surface area contributed by atoms with Crippen LogP contribution in [-0.2, 0) is 6.61 Å². The van der Waals surface area contributed by atoms with Crippen molar-refractivity contribution in [3.63, 3.8) is 0 Å². The van der Waals surface area contributed by atoms with Gasteiger partial charge in [0.15, 0.2) is 0 Å². The smallest absolute Gasteiger partial charge is 0.335 e. The van der Waals surface area contributed by atoms with Crippen LogP contribution < -0.4 is 4.74 Å². The van der Waals surface area contributed by atoms with Crippen molar-refractivity contribution in [3.05, 3.63) is 64.2 Å². The van der Waals surface area contributed by atoms with E-state index in [-0.39, 0.29) is 5.56 Å². The summed E-state index contributed by atoms with van der Waals surface area (Å²) in [6.45, 7) is 2.22. The van der Waals surface area contributed by atoms with Crippen molar-refractivity contribution >= 4 is 17.6 Å². The van der Waals surface area contributed by atoms with Crippen LogP contribution in [0.25, 0.3) is 0 Å². The summed E-state index contributed by atoms with van der Waals surface area (Å²) in [5.74, 6) is -0.230. The molecule has 0 atom stereocenters. The number of carbonyl (C=O) groups is 1. The lowest BCUT2D eigenvalue weighted by Crippen LogP contribution is -2.00. The molecule has 2 rings (SSSR count). The Labute approximate surface area is 116 Å². The lowest BCUT2D eigenvalue weighted by molar-refractivity contribution is 0.0696. The molecule has 19 heavy (non-hydrogen) atoms. The van der Waals surface area contributed by atoms with E-state index in [1.54, 1.807) is 30.3 Å². The molecule has 1 N–H and O–H groups in total. The van der Waals surface area contributed by atoms with Gasteiger partial charge in [-0.05, 0) is 48.4 Å². The first-order valence-corrected chi connectivity index (χ1v) is 6.15. The topological polar surface area (TPSA) is 46.5 Å². The molecule has 0 unspecified atom stereocenters. The predicted octanol–water partition coefficient (Wildman–Crippen LogP) is 3.93. The fraction of sp³-hybridized carbons (Fsp3) is 0.133. The van der Waals surface area contributed by atoms with Gasteiger partial charge in [0, 0.05) is 5.02 Å². The maximum absolute atomic E-state index is 10.9. The van der Waals surface area contributed by atoms with Gasteiger partial charge in [-0.1, -0.05) is 23.7 Å². The number of aryl methyl sites for hydroxylation is 1. The van der Waals surface area contributed by atoms with E-state index in [1.165, 1.54) is 0 Å². The zero-order valence-corrected chi connectivity index (χ0v) is 11.1. The molecular formula is C15H13ClO3. The summed E-state index contributed by atoms with van der Waals surface area (Å²) in [5.41, 5.74) is 2.01. The third kappa shape index (κ3) is 3.48. The summed E-state index contributed by atoms with van der Waals surface area (Å²) in [5, 5.41) is 9.60. The highest BCUT2D eigenvalue weighted by molar-refractivity contribution is 6.31. The van der Waals surface area contributed by atoms with Gasteiger partial charge in [-0.2, -0.15) is 0 Å². The van der Waals surface area contributed by atoms with Gasteiger partial charge >= 0.3 is 5.97 Å². The number of carboxylic acids is 1. The first kappa shape index (κ1) is 13.4. The molecule has 4 heteroatoms. The van der Waals surface area contributed by atoms with Crippen LogP contribution in [0.5, 0.6) is 5.75 Å². The molecule has 0 radical (unpaired) electrons. The minimum absolute atomic E-state index is 0.258. The highest BCUT2D eigenvalue weighted by Crippen LogP contribution is 2.21. The fourth-order valence-corrected chi connectivity index (χ4v) is 1.79. The van der Waals surface area contributed by atoms with Crippen LogP contribution in [0.3, 0.4) is 0 Å². The molecule has 0 spiro atoms. The Balaban J connectivity index is 2.07. The van der Waals surface area contributed by atoms with E-state index in [4.69, 9.17) is 21.4 Å². The van der Waals surface area contributed by atoms with Gasteiger partial charge in [0.1, 0.15) is 12.4 Å². The number of hydrogen-bond acceptors (Lipinski definition) is 2. The Bertz CT molecular complexity index is 608. The average Bonchev–Trinajstić information content (AvgIpc) is 2.40. The maximum Gasteiger partial charge on any atom is 0.335 e. The second-order valence-corrected chi connectivity index (χ2v) is 4.61. The van der Waals surface area contributed by atoms with E-state index in [2.05, 4.69) is 0 Å². The molecule has 2 aromatic carbocycles. The van der Waals surface area contributed by atoms with Crippen LogP contribution in [0, 0.1) is 6.92 Å². The number of aromatic carboxylic acids is 1. The highest BCUT2D eigenvalue weighted by Gasteiger charge is 2.04. The van der Waals surface area contributed by atoms with Gasteiger partial charge < -0.3 is 9.84 Å². The third-order valence-corrected chi connectivity index (χ3v) is 3.13. The van der Waals surface area contributed by atoms with Gasteiger partial charge in [-0.15, -0.1) is 0 Å². The van der Waals surface area contributed by atoms with E-state index < -0.39 is 5.97 Å². The molecule has 0 saturated carbocycles. The van der Waals surface area contributed by atoms with Crippen molar-refractivity contribution in [1.29, 1.82) is 0 Å². The van der Waals surface area contributed by atoms with Crippen molar-refractivity contribution in [2.75, 3.05) is 0 Å². The number of halogens is 1. The van der Waals surface area contributed by atoms with Crippen LogP contribution in [0.1, 0.15) is 21.5 Å². The lowest BCUT2D eigenvalue weighted by atomic mass is 10.1. The maximum atomic E-state index is 10.9. The van der Waals surface area contributed by atoms with Crippen LogP contribution >= 0.6 is 11.6 Å². The molecule has 0 aliphatic carbocycles. The molecule has 0 aliphatic heterocycles. The summed E-state index contributed by atoms with van der Waals surface area (Å²) >= 11 is 5.93. The Morgan fingerprint density at radius 3 is 2.74 bits per heavy atom. The standard InChI is InChI=1S/C15H13ClO3/c1-10-7-13(5-6-14(10)16)19-9-11-3-2-4-12(8-11)15(17)18/h2-8H,9H2,1H3,(H,17,18). The van der Waals surface area contributed by atoms with Crippen molar-refractivity contribution < 1.29 is 14.6 Å². The fourth-order valence-electron chi connectivity index (χ4n) is 1.67. The summed E-state index contributed by atoms with van der Waals surface area (Å²) < 4.78 is 5.61. The first-order chi connectivity index (χ1) is 9.06. The Morgan fingerprint density at radius 2 is 2.05 bits per heavy atom. The monoisotopic (exact) mass is 276 g/mol. The van der Waals surface area contributed by atoms with E-state index >= 15 is 0 Å². The number of ether oxygens (including phenoxy) is 1. The van der Waals surface area contributed by atoms with E-state index in [0.717, 1.165) is 11.1 Å². The van der Waals surface area contributed by atoms with Crippen LogP contribution in [0.2, 0.25) is 5.02 Å². The Hall–Kier alpha value is -2.00. The van der Waals surface area contributed by atoms with Gasteiger partial charge in [0.25, 0.3) is 0 Å². The SMILES string of the molecule is Cc1cc(OCc2cccc(C(=O)O)c2)ccc1Cl. The van der Waals surface area contributed by atoms with Gasteiger partial charge in [-0.3, -0.25) is 0 Å². The van der Waals surface area contributed by atoms with E-state index in [9.17, 15) is 4.79 Å². The highest BCUT2D eigenvalue weighted by atomic mass is 35.5. The molecule has 0 aliphatic rings. The van der Waals surface area contributed by atoms with Crippen molar-refractivity contribution in [3.8, 4) is 5.75 Å². The molecule has 0 amide bonds. The van der Waals surface area contributed by atoms with E-state index in [1.807, 2.05) is 19.1 Å². The largest absolute Gasteiger partial charge is 0.489 e. The van der Waals surface area contributed by atoms with Crippen LogP contribution in [0.15, 0.2) is 42.5 Å².